The molecular formula is C39H27N3. The lowest BCUT2D eigenvalue weighted by Crippen LogP contribution is -2.14. The van der Waals surface area contributed by atoms with E-state index in [1.165, 1.54) is 60.9 Å². The lowest BCUT2D eigenvalue weighted by atomic mass is 9.82. The Labute approximate surface area is 243 Å². The number of nitrogens with zero attached hydrogens (tertiary/aromatic N) is 3. The summed E-state index contributed by atoms with van der Waals surface area (Å²) < 4.78 is 2.43. The van der Waals surface area contributed by atoms with E-state index in [4.69, 9.17) is 4.98 Å². The van der Waals surface area contributed by atoms with Gasteiger partial charge in [0.05, 0.1) is 22.1 Å². The van der Waals surface area contributed by atoms with Crippen molar-refractivity contribution in [3.63, 3.8) is 0 Å². The van der Waals surface area contributed by atoms with Crippen LogP contribution in [0.4, 0.5) is 0 Å². The Hall–Kier alpha value is -5.28. The first-order valence-corrected chi connectivity index (χ1v) is 14.5. The van der Waals surface area contributed by atoms with Gasteiger partial charge in [-0.15, -0.1) is 0 Å². The molecule has 0 N–H and O–H groups in total. The van der Waals surface area contributed by atoms with Crippen LogP contribution in [0.5, 0.6) is 0 Å². The number of benzene rings is 5. The van der Waals surface area contributed by atoms with Gasteiger partial charge in [0.2, 0.25) is 0 Å². The molecule has 0 saturated carbocycles. The van der Waals surface area contributed by atoms with E-state index < -0.39 is 0 Å². The van der Waals surface area contributed by atoms with E-state index in [-0.39, 0.29) is 5.41 Å². The maximum absolute atomic E-state index is 4.76. The third-order valence-corrected chi connectivity index (χ3v) is 9.26. The number of hydrogen-bond donors (Lipinski definition) is 0. The number of hydrogen-bond acceptors (Lipinski definition) is 2. The van der Waals surface area contributed by atoms with Crippen LogP contribution in [-0.4, -0.2) is 14.5 Å². The second-order valence-corrected chi connectivity index (χ2v) is 11.9. The van der Waals surface area contributed by atoms with E-state index in [9.17, 15) is 0 Å². The highest BCUT2D eigenvalue weighted by molar-refractivity contribution is 6.15. The molecule has 3 aromatic heterocycles. The van der Waals surface area contributed by atoms with Crippen molar-refractivity contribution in [2.24, 2.45) is 0 Å². The second-order valence-electron chi connectivity index (χ2n) is 11.9. The SMILES string of the molecule is CC1(C)c2ccccc2-c2cc3c4cc(-c5cccc6cnc7cccnc7c56)ccc4n(-c4ccccc4)c3cc21. The van der Waals surface area contributed by atoms with E-state index in [1.807, 2.05) is 24.5 Å². The van der Waals surface area contributed by atoms with E-state index in [0.29, 0.717) is 0 Å². The van der Waals surface area contributed by atoms with E-state index >= 15 is 0 Å². The highest BCUT2D eigenvalue weighted by Gasteiger charge is 2.36. The average molecular weight is 538 g/mol. The predicted molar refractivity (Wildman–Crippen MR) is 174 cm³/mol. The molecule has 198 valence electrons. The van der Waals surface area contributed by atoms with Crippen LogP contribution >= 0.6 is 0 Å². The monoisotopic (exact) mass is 537 g/mol. The first-order valence-electron chi connectivity index (χ1n) is 14.5. The zero-order chi connectivity index (χ0) is 28.0. The highest BCUT2D eigenvalue weighted by Crippen LogP contribution is 2.51. The maximum atomic E-state index is 4.76. The minimum atomic E-state index is -0.0612. The summed E-state index contributed by atoms with van der Waals surface area (Å²) in [6.45, 7) is 4.70. The molecule has 5 aromatic carbocycles. The molecule has 3 heteroatoms. The minimum Gasteiger partial charge on any atom is -0.309 e. The first-order chi connectivity index (χ1) is 20.6. The predicted octanol–water partition coefficient (Wildman–Crippen LogP) is 9.85. The molecule has 0 radical (unpaired) electrons. The van der Waals surface area contributed by atoms with E-state index in [1.54, 1.807) is 0 Å². The van der Waals surface area contributed by atoms with E-state index in [2.05, 4.69) is 127 Å². The lowest BCUT2D eigenvalue weighted by Gasteiger charge is -2.21. The fourth-order valence-corrected chi connectivity index (χ4v) is 7.25. The molecule has 0 aliphatic heterocycles. The summed E-state index contributed by atoms with van der Waals surface area (Å²) in [5.74, 6) is 0. The lowest BCUT2D eigenvalue weighted by molar-refractivity contribution is 0.661. The van der Waals surface area contributed by atoms with Crippen LogP contribution in [-0.2, 0) is 5.41 Å². The normalized spacial score (nSPS) is 13.7. The largest absolute Gasteiger partial charge is 0.309 e. The van der Waals surface area contributed by atoms with Gasteiger partial charge in [0, 0.05) is 45.0 Å². The summed E-state index contributed by atoms with van der Waals surface area (Å²) in [6, 6.07) is 41.9. The maximum Gasteiger partial charge on any atom is 0.0971 e. The van der Waals surface area contributed by atoms with Crippen molar-refractivity contribution in [3.8, 4) is 27.9 Å². The van der Waals surface area contributed by atoms with Gasteiger partial charge in [0.25, 0.3) is 0 Å². The summed E-state index contributed by atoms with van der Waals surface area (Å²) in [6.07, 6.45) is 3.82. The van der Waals surface area contributed by atoms with Crippen LogP contribution in [0.2, 0.25) is 0 Å². The van der Waals surface area contributed by atoms with Crippen molar-refractivity contribution >= 4 is 43.6 Å². The third-order valence-electron chi connectivity index (χ3n) is 9.26. The van der Waals surface area contributed by atoms with Crippen LogP contribution in [0.15, 0.2) is 128 Å². The van der Waals surface area contributed by atoms with Gasteiger partial charge in [-0.2, -0.15) is 0 Å². The third kappa shape index (κ3) is 3.11. The van der Waals surface area contributed by atoms with Crippen LogP contribution in [0.25, 0.3) is 71.6 Å². The van der Waals surface area contributed by atoms with Crippen molar-refractivity contribution in [2.75, 3.05) is 0 Å². The summed E-state index contributed by atoms with van der Waals surface area (Å²) >= 11 is 0. The molecule has 0 unspecified atom stereocenters. The molecule has 0 spiro atoms. The number of fused-ring (bicyclic) bond motifs is 9. The van der Waals surface area contributed by atoms with Crippen LogP contribution in [0.3, 0.4) is 0 Å². The van der Waals surface area contributed by atoms with Gasteiger partial charge in [-0.1, -0.05) is 80.6 Å². The zero-order valence-corrected chi connectivity index (χ0v) is 23.5. The van der Waals surface area contributed by atoms with E-state index in [0.717, 1.165) is 21.8 Å². The summed E-state index contributed by atoms with van der Waals surface area (Å²) in [4.78, 5) is 9.43. The molecule has 8 aromatic rings. The Morgan fingerprint density at radius 3 is 2.31 bits per heavy atom. The molecule has 1 aliphatic rings. The van der Waals surface area contributed by atoms with Gasteiger partial charge in [-0.3, -0.25) is 9.97 Å². The molecule has 0 saturated heterocycles. The van der Waals surface area contributed by atoms with Gasteiger partial charge in [-0.25, -0.2) is 0 Å². The molecule has 0 fully saturated rings. The van der Waals surface area contributed by atoms with Crippen molar-refractivity contribution < 1.29 is 0 Å². The van der Waals surface area contributed by atoms with Crippen LogP contribution < -0.4 is 0 Å². The van der Waals surface area contributed by atoms with Crippen molar-refractivity contribution in [3.05, 3.63) is 139 Å². The van der Waals surface area contributed by atoms with Gasteiger partial charge in [-0.05, 0) is 81.9 Å². The van der Waals surface area contributed by atoms with Gasteiger partial charge < -0.3 is 4.57 Å². The molecule has 42 heavy (non-hydrogen) atoms. The van der Waals surface area contributed by atoms with Crippen LogP contribution in [0, 0.1) is 0 Å². The van der Waals surface area contributed by atoms with Gasteiger partial charge in [0.15, 0.2) is 0 Å². The minimum absolute atomic E-state index is 0.0612. The van der Waals surface area contributed by atoms with Crippen molar-refractivity contribution in [2.45, 2.75) is 19.3 Å². The molecule has 3 heterocycles. The molecule has 0 atom stereocenters. The quantitative estimate of drug-likeness (QED) is 0.205. The fourth-order valence-electron chi connectivity index (χ4n) is 7.25. The smallest absolute Gasteiger partial charge is 0.0971 e. The Kier molecular flexibility index (Phi) is 4.67. The Balaban J connectivity index is 1.39. The number of rotatable bonds is 2. The Morgan fingerprint density at radius 2 is 1.40 bits per heavy atom. The molecule has 0 bridgehead atoms. The number of pyridine rings is 2. The molecular weight excluding hydrogens is 510 g/mol. The van der Waals surface area contributed by atoms with Crippen molar-refractivity contribution in [1.82, 2.24) is 14.5 Å². The molecule has 3 nitrogen and oxygen atoms in total. The number of para-hydroxylation sites is 1. The average Bonchev–Trinajstić information content (AvgIpc) is 3.48. The van der Waals surface area contributed by atoms with Crippen molar-refractivity contribution in [1.29, 1.82) is 0 Å². The first kappa shape index (κ1) is 23.4. The van der Waals surface area contributed by atoms with Gasteiger partial charge in [0.1, 0.15) is 0 Å². The fraction of sp³-hybridized carbons (Fsp3) is 0.0769. The topological polar surface area (TPSA) is 30.7 Å². The van der Waals surface area contributed by atoms with Gasteiger partial charge >= 0.3 is 0 Å². The summed E-state index contributed by atoms with van der Waals surface area (Å²) in [5, 5.41) is 4.76. The second kappa shape index (κ2) is 8.37. The summed E-state index contributed by atoms with van der Waals surface area (Å²) in [5.41, 5.74) is 13.2. The molecule has 0 amide bonds. The molecule has 9 rings (SSSR count). The summed E-state index contributed by atoms with van der Waals surface area (Å²) in [7, 11) is 0. The standard InChI is InChI=1S/C39H27N3/c1-39(2)32-15-7-6-13-28(32)29-21-31-30-20-24(27-14-8-10-25-23-41-34-16-9-19-40-38(34)37(25)27)17-18-35(30)42(36(31)22-33(29)39)26-11-4-3-5-12-26/h3-23H,1-2H3. The molecule has 1 aliphatic carbocycles. The highest BCUT2D eigenvalue weighted by atomic mass is 15.0. The Morgan fingerprint density at radius 1 is 0.595 bits per heavy atom. The zero-order valence-electron chi connectivity index (χ0n) is 23.5. The van der Waals surface area contributed by atoms with Crippen LogP contribution in [0.1, 0.15) is 25.0 Å². The Bertz CT molecular complexity index is 2380. The number of aromatic nitrogens is 3.